The molecule has 0 aliphatic carbocycles. The molecule has 0 radical (unpaired) electrons. The normalized spacial score (nSPS) is 10.4. The summed E-state index contributed by atoms with van der Waals surface area (Å²) in [6.07, 6.45) is 5.02. The average molecular weight is 370 g/mol. The number of ether oxygens (including phenoxy) is 2. The Balaban J connectivity index is 2.21. The SMILES string of the molecule is CCCCCCOc1c(CC)cccc1C(=O)Oc1ccccc1C(=O)O. The Hall–Kier alpha value is -2.82. The van der Waals surface area contributed by atoms with Gasteiger partial charge in [0, 0.05) is 0 Å². The standard InChI is InChI=1S/C22H26O5/c1-3-5-6-9-15-26-20-16(4-2)11-10-13-18(20)22(25)27-19-14-8-7-12-17(19)21(23)24/h7-8,10-14H,3-6,9,15H2,1-2H3,(H,23,24). The van der Waals surface area contributed by atoms with Gasteiger partial charge in [0.1, 0.15) is 22.6 Å². The van der Waals surface area contributed by atoms with E-state index in [1.807, 2.05) is 13.0 Å². The van der Waals surface area contributed by atoms with Crippen molar-refractivity contribution in [2.75, 3.05) is 6.61 Å². The van der Waals surface area contributed by atoms with Crippen LogP contribution in [0.4, 0.5) is 0 Å². The van der Waals surface area contributed by atoms with Crippen LogP contribution in [0.15, 0.2) is 42.5 Å². The first-order chi connectivity index (χ1) is 13.1. The number of carbonyl (C=O) groups is 2. The molecule has 0 amide bonds. The zero-order valence-corrected chi connectivity index (χ0v) is 15.9. The summed E-state index contributed by atoms with van der Waals surface area (Å²) < 4.78 is 11.3. The number of carboxylic acids is 1. The highest BCUT2D eigenvalue weighted by molar-refractivity contribution is 5.97. The Bertz CT molecular complexity index is 782. The molecule has 0 saturated heterocycles. The summed E-state index contributed by atoms with van der Waals surface area (Å²) in [5, 5.41) is 9.26. The third kappa shape index (κ3) is 5.58. The fourth-order valence-electron chi connectivity index (χ4n) is 2.78. The number of aryl methyl sites for hydroxylation is 1. The molecular formula is C22H26O5. The first-order valence-corrected chi connectivity index (χ1v) is 9.37. The lowest BCUT2D eigenvalue weighted by Gasteiger charge is -2.15. The highest BCUT2D eigenvalue weighted by atomic mass is 16.5. The van der Waals surface area contributed by atoms with Crippen LogP contribution in [0.25, 0.3) is 0 Å². The Kier molecular flexibility index (Phi) is 7.86. The van der Waals surface area contributed by atoms with Gasteiger partial charge >= 0.3 is 11.9 Å². The maximum atomic E-state index is 12.7. The molecule has 0 spiro atoms. The quantitative estimate of drug-likeness (QED) is 0.357. The summed E-state index contributed by atoms with van der Waals surface area (Å²) in [5.74, 6) is -1.23. The van der Waals surface area contributed by atoms with E-state index in [-0.39, 0.29) is 11.3 Å². The van der Waals surface area contributed by atoms with Gasteiger partial charge in [-0.05, 0) is 36.6 Å². The van der Waals surface area contributed by atoms with Crippen LogP contribution in [0.3, 0.4) is 0 Å². The van der Waals surface area contributed by atoms with Crippen LogP contribution in [0.2, 0.25) is 0 Å². The average Bonchev–Trinajstić information content (AvgIpc) is 2.67. The van der Waals surface area contributed by atoms with Gasteiger partial charge in [0.05, 0.1) is 6.61 Å². The van der Waals surface area contributed by atoms with Crippen molar-refractivity contribution in [3.05, 3.63) is 59.2 Å². The zero-order valence-electron chi connectivity index (χ0n) is 15.9. The number of unbranched alkanes of at least 4 members (excludes halogenated alkanes) is 3. The number of benzene rings is 2. The molecule has 1 N–H and O–H groups in total. The summed E-state index contributed by atoms with van der Waals surface area (Å²) in [4.78, 5) is 24.0. The summed E-state index contributed by atoms with van der Waals surface area (Å²) in [6.45, 7) is 4.67. The molecular weight excluding hydrogens is 344 g/mol. The number of rotatable bonds is 10. The van der Waals surface area contributed by atoms with Gasteiger partial charge in [-0.25, -0.2) is 9.59 Å². The fraction of sp³-hybridized carbons (Fsp3) is 0.364. The number of aromatic carboxylic acids is 1. The predicted octanol–water partition coefficient (Wildman–Crippen LogP) is 5.13. The van der Waals surface area contributed by atoms with Crippen LogP contribution in [0.5, 0.6) is 11.5 Å². The van der Waals surface area contributed by atoms with E-state index in [1.54, 1.807) is 24.3 Å². The van der Waals surface area contributed by atoms with Gasteiger partial charge in [-0.3, -0.25) is 0 Å². The number of para-hydroxylation sites is 2. The van der Waals surface area contributed by atoms with E-state index >= 15 is 0 Å². The molecule has 0 atom stereocenters. The maximum Gasteiger partial charge on any atom is 0.347 e. The maximum absolute atomic E-state index is 12.7. The molecule has 0 fully saturated rings. The van der Waals surface area contributed by atoms with Crippen molar-refractivity contribution >= 4 is 11.9 Å². The zero-order chi connectivity index (χ0) is 19.6. The molecule has 0 unspecified atom stereocenters. The first-order valence-electron chi connectivity index (χ1n) is 9.37. The Morgan fingerprint density at radius 3 is 2.37 bits per heavy atom. The van der Waals surface area contributed by atoms with Crippen molar-refractivity contribution in [1.29, 1.82) is 0 Å². The third-order valence-electron chi connectivity index (χ3n) is 4.26. The molecule has 0 aliphatic heterocycles. The predicted molar refractivity (Wildman–Crippen MR) is 104 cm³/mol. The second-order valence-electron chi connectivity index (χ2n) is 6.25. The fourth-order valence-corrected chi connectivity index (χ4v) is 2.78. The van der Waals surface area contributed by atoms with Crippen molar-refractivity contribution < 1.29 is 24.2 Å². The lowest BCUT2D eigenvalue weighted by Crippen LogP contribution is -2.14. The monoisotopic (exact) mass is 370 g/mol. The Labute approximate surface area is 159 Å². The van der Waals surface area contributed by atoms with Gasteiger partial charge in [-0.1, -0.05) is 57.4 Å². The van der Waals surface area contributed by atoms with Crippen LogP contribution >= 0.6 is 0 Å². The smallest absolute Gasteiger partial charge is 0.347 e. The lowest BCUT2D eigenvalue weighted by molar-refractivity contribution is 0.0680. The molecule has 5 heteroatoms. The Morgan fingerprint density at radius 1 is 0.926 bits per heavy atom. The van der Waals surface area contributed by atoms with Crippen molar-refractivity contribution in [2.24, 2.45) is 0 Å². The summed E-state index contributed by atoms with van der Waals surface area (Å²) >= 11 is 0. The van der Waals surface area contributed by atoms with E-state index in [0.717, 1.165) is 37.7 Å². The largest absolute Gasteiger partial charge is 0.492 e. The molecule has 5 nitrogen and oxygen atoms in total. The number of esters is 1. The summed E-state index contributed by atoms with van der Waals surface area (Å²) in [7, 11) is 0. The highest BCUT2D eigenvalue weighted by Gasteiger charge is 2.20. The molecule has 2 rings (SSSR count). The van der Waals surface area contributed by atoms with Crippen LogP contribution in [0.1, 0.15) is 65.8 Å². The van der Waals surface area contributed by atoms with Gasteiger partial charge < -0.3 is 14.6 Å². The molecule has 2 aromatic rings. The summed E-state index contributed by atoms with van der Waals surface area (Å²) in [6, 6.07) is 11.4. The topological polar surface area (TPSA) is 72.8 Å². The van der Waals surface area contributed by atoms with Gasteiger partial charge in [0.15, 0.2) is 0 Å². The summed E-state index contributed by atoms with van der Waals surface area (Å²) in [5.41, 5.74) is 1.18. The molecule has 0 saturated carbocycles. The lowest BCUT2D eigenvalue weighted by atomic mass is 10.1. The van der Waals surface area contributed by atoms with Crippen molar-refractivity contribution in [2.45, 2.75) is 46.0 Å². The van der Waals surface area contributed by atoms with E-state index in [2.05, 4.69) is 6.92 Å². The van der Waals surface area contributed by atoms with Crippen LogP contribution in [-0.2, 0) is 6.42 Å². The molecule has 0 heterocycles. The van der Waals surface area contributed by atoms with Gasteiger partial charge in [-0.15, -0.1) is 0 Å². The van der Waals surface area contributed by atoms with Gasteiger partial charge in [0.25, 0.3) is 0 Å². The number of hydrogen-bond acceptors (Lipinski definition) is 4. The van der Waals surface area contributed by atoms with Crippen LogP contribution in [0, 0.1) is 0 Å². The second-order valence-corrected chi connectivity index (χ2v) is 6.25. The third-order valence-corrected chi connectivity index (χ3v) is 4.26. The Morgan fingerprint density at radius 2 is 1.67 bits per heavy atom. The molecule has 144 valence electrons. The van der Waals surface area contributed by atoms with E-state index in [1.165, 1.54) is 12.1 Å². The van der Waals surface area contributed by atoms with E-state index in [4.69, 9.17) is 9.47 Å². The minimum Gasteiger partial charge on any atom is -0.492 e. The van der Waals surface area contributed by atoms with E-state index in [9.17, 15) is 14.7 Å². The molecule has 2 aromatic carbocycles. The van der Waals surface area contributed by atoms with E-state index < -0.39 is 11.9 Å². The highest BCUT2D eigenvalue weighted by Crippen LogP contribution is 2.27. The minimum atomic E-state index is -1.15. The van der Waals surface area contributed by atoms with Crippen molar-refractivity contribution in [3.8, 4) is 11.5 Å². The van der Waals surface area contributed by atoms with Gasteiger partial charge in [-0.2, -0.15) is 0 Å². The second kappa shape index (κ2) is 10.4. The number of carbonyl (C=O) groups excluding carboxylic acids is 1. The van der Waals surface area contributed by atoms with E-state index in [0.29, 0.717) is 17.9 Å². The van der Waals surface area contributed by atoms with Crippen LogP contribution < -0.4 is 9.47 Å². The van der Waals surface area contributed by atoms with Crippen molar-refractivity contribution in [1.82, 2.24) is 0 Å². The number of carboxylic acid groups (broad SMARTS) is 1. The van der Waals surface area contributed by atoms with Crippen molar-refractivity contribution in [3.63, 3.8) is 0 Å². The number of hydrogen-bond donors (Lipinski definition) is 1. The molecule has 27 heavy (non-hydrogen) atoms. The molecule has 0 aliphatic rings. The van der Waals surface area contributed by atoms with Crippen LogP contribution in [-0.4, -0.2) is 23.7 Å². The van der Waals surface area contributed by atoms with Gasteiger partial charge in [0.2, 0.25) is 0 Å². The first kappa shape index (κ1) is 20.5. The molecule has 0 aromatic heterocycles. The minimum absolute atomic E-state index is 0.0193. The molecule has 0 bridgehead atoms.